The molecule has 0 aromatic heterocycles. The number of carbonyl (C=O) groups excluding carboxylic acids is 1. The van der Waals surface area contributed by atoms with E-state index in [1.54, 1.807) is 62.4 Å². The third-order valence-corrected chi connectivity index (χ3v) is 5.10. The molecule has 0 unspecified atom stereocenters. The van der Waals surface area contributed by atoms with Crippen molar-refractivity contribution in [3.05, 3.63) is 59.7 Å². The summed E-state index contributed by atoms with van der Waals surface area (Å²) in [5, 5.41) is 0. The molecule has 28 heavy (non-hydrogen) atoms. The molecule has 0 amide bonds. The predicted molar refractivity (Wildman–Crippen MR) is 105 cm³/mol. The first-order chi connectivity index (χ1) is 13.5. The molecule has 0 saturated carbocycles. The van der Waals surface area contributed by atoms with E-state index in [1.165, 1.54) is 0 Å². The maximum absolute atomic E-state index is 12.4. The van der Waals surface area contributed by atoms with Crippen molar-refractivity contribution in [2.24, 2.45) is 0 Å². The molecule has 2 aromatic rings. The lowest BCUT2D eigenvalue weighted by Crippen LogP contribution is -2.10. The maximum atomic E-state index is 12.4. The number of benzene rings is 2. The van der Waals surface area contributed by atoms with E-state index in [-0.39, 0.29) is 19.8 Å². The Morgan fingerprint density at radius 2 is 1.50 bits per heavy atom. The number of rotatable bonds is 11. The fraction of sp³-hybridized carbons (Fsp3) is 0.350. The molecule has 2 rings (SSSR count). The topological polar surface area (TPSA) is 80.3 Å². The monoisotopic (exact) mass is 408 g/mol. The van der Waals surface area contributed by atoms with Gasteiger partial charge in [-0.25, -0.2) is 9.36 Å². The van der Waals surface area contributed by atoms with Crippen molar-refractivity contribution in [3.8, 4) is 11.5 Å². The third-order valence-electron chi connectivity index (χ3n) is 3.50. The van der Waals surface area contributed by atoms with Gasteiger partial charge in [-0.3, -0.25) is 13.6 Å². The van der Waals surface area contributed by atoms with Crippen LogP contribution < -0.4 is 9.47 Å². The fourth-order valence-corrected chi connectivity index (χ4v) is 3.48. The minimum absolute atomic E-state index is 0.0404. The molecule has 0 spiro atoms. The Balaban J connectivity index is 1.99. The van der Waals surface area contributed by atoms with Crippen molar-refractivity contribution in [1.82, 2.24) is 0 Å². The van der Waals surface area contributed by atoms with Gasteiger partial charge in [0.15, 0.2) is 0 Å². The van der Waals surface area contributed by atoms with Crippen molar-refractivity contribution in [1.29, 1.82) is 0 Å². The van der Waals surface area contributed by atoms with Gasteiger partial charge < -0.3 is 9.47 Å². The smallest absolute Gasteiger partial charge is 0.475 e. The van der Waals surface area contributed by atoms with Gasteiger partial charge in [0.2, 0.25) is 0 Å². The van der Waals surface area contributed by atoms with E-state index in [0.29, 0.717) is 23.7 Å². The van der Waals surface area contributed by atoms with E-state index in [1.807, 2.05) is 6.92 Å². The van der Waals surface area contributed by atoms with Gasteiger partial charge in [-0.2, -0.15) is 0 Å². The molecule has 0 heterocycles. The van der Waals surface area contributed by atoms with Crippen LogP contribution in [0.2, 0.25) is 0 Å². The SMILES string of the molecule is CCOc1ccccc1C(=O)Oc1ccc(COP(=O)(OCC)OCC)cc1. The van der Waals surface area contributed by atoms with E-state index in [2.05, 4.69) is 0 Å². The van der Waals surface area contributed by atoms with Gasteiger partial charge in [-0.15, -0.1) is 0 Å². The van der Waals surface area contributed by atoms with E-state index in [9.17, 15) is 9.36 Å². The lowest BCUT2D eigenvalue weighted by atomic mass is 10.2. The van der Waals surface area contributed by atoms with Gasteiger partial charge >= 0.3 is 13.8 Å². The predicted octanol–water partition coefficient (Wildman–Crippen LogP) is 5.00. The Bertz CT molecular complexity index is 794. The number of ether oxygens (including phenoxy) is 2. The largest absolute Gasteiger partial charge is 0.493 e. The number of esters is 1. The zero-order chi connectivity index (χ0) is 20.4. The minimum Gasteiger partial charge on any atom is -0.493 e. The second-order valence-corrected chi connectivity index (χ2v) is 7.19. The van der Waals surface area contributed by atoms with Crippen molar-refractivity contribution in [2.75, 3.05) is 19.8 Å². The minimum atomic E-state index is -3.57. The van der Waals surface area contributed by atoms with Crippen molar-refractivity contribution in [2.45, 2.75) is 27.4 Å². The molecule has 2 aromatic carbocycles. The molecule has 0 aliphatic rings. The Labute approximate surface area is 165 Å². The Kier molecular flexibility index (Phi) is 8.67. The number of hydrogen-bond acceptors (Lipinski definition) is 7. The fourth-order valence-electron chi connectivity index (χ4n) is 2.31. The highest BCUT2D eigenvalue weighted by atomic mass is 31.2. The molecule has 0 aliphatic carbocycles. The average molecular weight is 408 g/mol. The van der Waals surface area contributed by atoms with Crippen LogP contribution in [0, 0.1) is 0 Å². The standard InChI is InChI=1S/C20H25O7P/c1-4-23-19-10-8-7-9-18(19)20(21)27-17-13-11-16(12-14-17)15-26-28(22,24-5-2)25-6-3/h7-14H,4-6,15H2,1-3H3. The highest BCUT2D eigenvalue weighted by Crippen LogP contribution is 2.49. The number of para-hydroxylation sites is 1. The highest BCUT2D eigenvalue weighted by molar-refractivity contribution is 7.48. The molecule has 0 bridgehead atoms. The second kappa shape index (κ2) is 11.0. The number of carbonyl (C=O) groups is 1. The van der Waals surface area contributed by atoms with Crippen molar-refractivity contribution >= 4 is 13.8 Å². The third kappa shape index (κ3) is 6.46. The summed E-state index contributed by atoms with van der Waals surface area (Å²) in [7, 11) is -3.57. The molecular weight excluding hydrogens is 383 g/mol. The van der Waals surface area contributed by atoms with Crippen LogP contribution in [0.3, 0.4) is 0 Å². The van der Waals surface area contributed by atoms with Gasteiger partial charge in [-0.05, 0) is 50.6 Å². The summed E-state index contributed by atoms with van der Waals surface area (Å²) < 4.78 is 38.6. The molecule has 152 valence electrons. The quantitative estimate of drug-likeness (QED) is 0.294. The first-order valence-electron chi connectivity index (χ1n) is 9.08. The van der Waals surface area contributed by atoms with Crippen LogP contribution in [0.1, 0.15) is 36.7 Å². The van der Waals surface area contributed by atoms with Gasteiger partial charge in [-0.1, -0.05) is 24.3 Å². The van der Waals surface area contributed by atoms with E-state index >= 15 is 0 Å². The first kappa shape index (κ1) is 22.1. The van der Waals surface area contributed by atoms with Crippen molar-refractivity contribution < 1.29 is 32.4 Å². The average Bonchev–Trinajstić information content (AvgIpc) is 2.68. The van der Waals surface area contributed by atoms with Gasteiger partial charge in [0.25, 0.3) is 0 Å². The molecule has 0 radical (unpaired) electrons. The van der Waals surface area contributed by atoms with E-state index in [0.717, 1.165) is 5.56 Å². The summed E-state index contributed by atoms with van der Waals surface area (Å²) in [6.45, 7) is 6.19. The summed E-state index contributed by atoms with van der Waals surface area (Å²) >= 11 is 0. The number of phosphoric ester groups is 1. The Morgan fingerprint density at radius 3 is 2.11 bits per heavy atom. The second-order valence-electron chi connectivity index (χ2n) is 5.52. The lowest BCUT2D eigenvalue weighted by molar-refractivity contribution is 0.0730. The van der Waals surface area contributed by atoms with Crippen LogP contribution in [0.25, 0.3) is 0 Å². The summed E-state index contributed by atoms with van der Waals surface area (Å²) in [6, 6.07) is 13.6. The normalized spacial score (nSPS) is 11.2. The zero-order valence-electron chi connectivity index (χ0n) is 16.3. The molecule has 0 atom stereocenters. The molecule has 0 fully saturated rings. The Morgan fingerprint density at radius 1 is 0.857 bits per heavy atom. The van der Waals surface area contributed by atoms with Crippen molar-refractivity contribution in [3.63, 3.8) is 0 Å². The molecule has 0 N–H and O–H groups in total. The van der Waals surface area contributed by atoms with Gasteiger partial charge in [0.05, 0.1) is 26.4 Å². The van der Waals surface area contributed by atoms with Crippen LogP contribution in [0.5, 0.6) is 11.5 Å². The highest BCUT2D eigenvalue weighted by Gasteiger charge is 2.25. The molecule has 8 heteroatoms. The van der Waals surface area contributed by atoms with Crippen LogP contribution in [-0.4, -0.2) is 25.8 Å². The molecule has 0 aliphatic heterocycles. The molecule has 0 saturated heterocycles. The van der Waals surface area contributed by atoms with Crippen LogP contribution in [-0.2, 0) is 24.7 Å². The van der Waals surface area contributed by atoms with Gasteiger partial charge in [0, 0.05) is 0 Å². The summed E-state index contributed by atoms with van der Waals surface area (Å²) in [5.74, 6) is 0.339. The van der Waals surface area contributed by atoms with Crippen LogP contribution >= 0.6 is 7.82 Å². The Hall–Kier alpha value is -2.18. The van der Waals surface area contributed by atoms with E-state index < -0.39 is 13.8 Å². The molecule has 7 nitrogen and oxygen atoms in total. The molecular formula is C20H25O7P. The van der Waals surface area contributed by atoms with E-state index in [4.69, 9.17) is 23.0 Å². The van der Waals surface area contributed by atoms with Crippen LogP contribution in [0.4, 0.5) is 0 Å². The van der Waals surface area contributed by atoms with Crippen LogP contribution in [0.15, 0.2) is 48.5 Å². The summed E-state index contributed by atoms with van der Waals surface area (Å²) in [5.41, 5.74) is 1.08. The number of phosphoric acid groups is 1. The number of hydrogen-bond donors (Lipinski definition) is 0. The summed E-state index contributed by atoms with van der Waals surface area (Å²) in [6.07, 6.45) is 0. The van der Waals surface area contributed by atoms with Gasteiger partial charge in [0.1, 0.15) is 17.1 Å². The zero-order valence-corrected chi connectivity index (χ0v) is 17.1. The summed E-state index contributed by atoms with van der Waals surface area (Å²) in [4.78, 5) is 12.4. The lowest BCUT2D eigenvalue weighted by Gasteiger charge is -2.16. The first-order valence-corrected chi connectivity index (χ1v) is 10.5. The maximum Gasteiger partial charge on any atom is 0.475 e.